The number of rotatable bonds is 6. The Balaban J connectivity index is 2.53. The fourth-order valence-corrected chi connectivity index (χ4v) is 2.51. The zero-order chi connectivity index (χ0) is 12.8. The molecule has 0 saturated carbocycles. The Hall–Kier alpha value is -0.510. The average molecular weight is 252 g/mol. The van der Waals surface area contributed by atoms with E-state index in [2.05, 4.69) is 56.3 Å². The molecule has 0 radical (unpaired) electrons. The molecule has 17 heavy (non-hydrogen) atoms. The lowest BCUT2D eigenvalue weighted by molar-refractivity contribution is 0.261. The van der Waals surface area contributed by atoms with Crippen molar-refractivity contribution in [3.63, 3.8) is 0 Å². The van der Waals surface area contributed by atoms with Crippen LogP contribution in [0.1, 0.15) is 24.1 Å². The summed E-state index contributed by atoms with van der Waals surface area (Å²) in [5, 5.41) is 0. The zero-order valence-corrected chi connectivity index (χ0v) is 12.1. The predicted octanol–water partition coefficient (Wildman–Crippen LogP) is 2.68. The van der Waals surface area contributed by atoms with Crippen molar-refractivity contribution < 1.29 is 0 Å². The number of hydrogen-bond donors (Lipinski definition) is 1. The zero-order valence-electron chi connectivity index (χ0n) is 11.3. The highest BCUT2D eigenvalue weighted by atomic mass is 32.2. The second-order valence-corrected chi connectivity index (χ2v) is 5.67. The van der Waals surface area contributed by atoms with Crippen LogP contribution in [0.2, 0.25) is 0 Å². The highest BCUT2D eigenvalue weighted by Crippen LogP contribution is 2.14. The van der Waals surface area contributed by atoms with E-state index in [0.29, 0.717) is 6.04 Å². The van der Waals surface area contributed by atoms with Gasteiger partial charge in [-0.25, -0.2) is 0 Å². The van der Waals surface area contributed by atoms with Crippen molar-refractivity contribution in [2.45, 2.75) is 25.9 Å². The van der Waals surface area contributed by atoms with E-state index in [4.69, 9.17) is 5.73 Å². The van der Waals surface area contributed by atoms with Gasteiger partial charge in [-0.2, -0.15) is 11.8 Å². The van der Waals surface area contributed by atoms with Crippen LogP contribution in [0.15, 0.2) is 24.3 Å². The van der Waals surface area contributed by atoms with Gasteiger partial charge in [-0.15, -0.1) is 0 Å². The molecule has 0 bridgehead atoms. The first-order valence-corrected chi connectivity index (χ1v) is 7.45. The van der Waals surface area contributed by atoms with E-state index in [1.54, 1.807) is 0 Å². The Bertz CT molecular complexity index is 323. The second-order valence-electron chi connectivity index (χ2n) is 4.76. The molecule has 3 heteroatoms. The molecule has 2 nitrogen and oxygen atoms in total. The lowest BCUT2D eigenvalue weighted by Crippen LogP contribution is -2.36. The summed E-state index contributed by atoms with van der Waals surface area (Å²) in [5.74, 6) is 1.15. The van der Waals surface area contributed by atoms with Crippen molar-refractivity contribution in [3.05, 3.63) is 35.4 Å². The third kappa shape index (κ3) is 4.70. The molecule has 0 aliphatic rings. The lowest BCUT2D eigenvalue weighted by atomic mass is 10.1. The molecule has 0 fully saturated rings. The fraction of sp³-hybridized carbons (Fsp3) is 0.571. The Kier molecular flexibility index (Phi) is 6.03. The van der Waals surface area contributed by atoms with Gasteiger partial charge in [0.05, 0.1) is 0 Å². The molecule has 96 valence electrons. The van der Waals surface area contributed by atoms with Crippen molar-refractivity contribution in [3.8, 4) is 0 Å². The number of hydrogen-bond acceptors (Lipinski definition) is 3. The molecule has 2 N–H and O–H groups in total. The van der Waals surface area contributed by atoms with Crippen molar-refractivity contribution in [1.29, 1.82) is 0 Å². The minimum absolute atomic E-state index is 0.102. The lowest BCUT2D eigenvalue weighted by Gasteiger charge is -2.27. The van der Waals surface area contributed by atoms with Crippen molar-refractivity contribution in [2.24, 2.45) is 5.73 Å². The molecule has 0 amide bonds. The highest BCUT2D eigenvalue weighted by molar-refractivity contribution is 7.98. The summed E-state index contributed by atoms with van der Waals surface area (Å²) >= 11 is 1.88. The van der Waals surface area contributed by atoms with Crippen LogP contribution in [-0.2, 0) is 0 Å². The smallest absolute Gasteiger partial charge is 0.0424 e. The molecule has 0 aliphatic carbocycles. The summed E-state index contributed by atoms with van der Waals surface area (Å²) in [4.78, 5) is 2.33. The summed E-state index contributed by atoms with van der Waals surface area (Å²) in [7, 11) is 2.15. The normalized spacial score (nSPS) is 14.9. The van der Waals surface area contributed by atoms with Crippen molar-refractivity contribution >= 4 is 11.8 Å². The molecule has 1 rings (SSSR count). The Morgan fingerprint density at radius 2 is 1.88 bits per heavy atom. The first-order chi connectivity index (χ1) is 8.04. The molecular formula is C14H24N2S. The van der Waals surface area contributed by atoms with E-state index in [1.807, 2.05) is 11.8 Å². The van der Waals surface area contributed by atoms with Gasteiger partial charge in [-0.05, 0) is 32.7 Å². The summed E-state index contributed by atoms with van der Waals surface area (Å²) in [5.41, 5.74) is 8.74. The van der Waals surface area contributed by atoms with Crippen LogP contribution in [0.4, 0.5) is 0 Å². The summed E-state index contributed by atoms with van der Waals surface area (Å²) in [6.45, 7) is 5.26. The Morgan fingerprint density at radius 3 is 2.41 bits per heavy atom. The minimum Gasteiger partial charge on any atom is -0.323 e. The molecule has 0 spiro atoms. The van der Waals surface area contributed by atoms with Crippen molar-refractivity contribution in [1.82, 2.24) is 4.90 Å². The molecule has 1 aromatic rings. The van der Waals surface area contributed by atoms with Gasteiger partial charge in [0.2, 0.25) is 0 Å². The number of nitrogens with zero attached hydrogens (tertiary/aromatic N) is 1. The molecular weight excluding hydrogens is 228 g/mol. The summed E-state index contributed by atoms with van der Waals surface area (Å²) in [6, 6.07) is 9.19. The first-order valence-electron chi connectivity index (χ1n) is 6.06. The number of likely N-dealkylation sites (N-methyl/N-ethyl adjacent to an activating group) is 1. The first kappa shape index (κ1) is 14.6. The van der Waals surface area contributed by atoms with Crippen LogP contribution in [0.3, 0.4) is 0 Å². The highest BCUT2D eigenvalue weighted by Gasteiger charge is 2.13. The van der Waals surface area contributed by atoms with Crippen LogP contribution < -0.4 is 5.73 Å². The number of aryl methyl sites for hydroxylation is 1. The van der Waals surface area contributed by atoms with Gasteiger partial charge in [0.25, 0.3) is 0 Å². The van der Waals surface area contributed by atoms with Crippen LogP contribution in [-0.4, -0.2) is 36.5 Å². The molecule has 0 heterocycles. The molecule has 1 aromatic carbocycles. The van der Waals surface area contributed by atoms with E-state index >= 15 is 0 Å². The van der Waals surface area contributed by atoms with Gasteiger partial charge >= 0.3 is 0 Å². The second kappa shape index (κ2) is 7.04. The van der Waals surface area contributed by atoms with Gasteiger partial charge < -0.3 is 10.6 Å². The van der Waals surface area contributed by atoms with Gasteiger partial charge in [-0.3, -0.25) is 0 Å². The molecule has 0 aliphatic heterocycles. The van der Waals surface area contributed by atoms with Gasteiger partial charge in [0, 0.05) is 24.4 Å². The topological polar surface area (TPSA) is 29.3 Å². The maximum atomic E-state index is 6.23. The number of thioether (sulfide) groups is 1. The fourth-order valence-electron chi connectivity index (χ4n) is 1.78. The van der Waals surface area contributed by atoms with E-state index in [0.717, 1.165) is 12.3 Å². The number of nitrogens with two attached hydrogens (primary N) is 1. The quantitative estimate of drug-likeness (QED) is 0.844. The van der Waals surface area contributed by atoms with Crippen LogP contribution >= 0.6 is 11.8 Å². The summed E-state index contributed by atoms with van der Waals surface area (Å²) in [6.07, 6.45) is 2.14. The van der Waals surface area contributed by atoms with Crippen LogP contribution in [0.25, 0.3) is 0 Å². The van der Waals surface area contributed by atoms with Gasteiger partial charge in [0.15, 0.2) is 0 Å². The minimum atomic E-state index is 0.102. The number of benzene rings is 1. The Labute approximate surface area is 110 Å². The van der Waals surface area contributed by atoms with E-state index < -0.39 is 0 Å². The summed E-state index contributed by atoms with van der Waals surface area (Å²) < 4.78 is 0. The van der Waals surface area contributed by atoms with Crippen LogP contribution in [0, 0.1) is 6.92 Å². The molecule has 2 unspecified atom stereocenters. The largest absolute Gasteiger partial charge is 0.323 e. The third-order valence-electron chi connectivity index (χ3n) is 3.15. The average Bonchev–Trinajstić information content (AvgIpc) is 2.30. The van der Waals surface area contributed by atoms with E-state index in [-0.39, 0.29) is 6.04 Å². The van der Waals surface area contributed by atoms with Crippen LogP contribution in [0.5, 0.6) is 0 Å². The van der Waals surface area contributed by atoms with Gasteiger partial charge in [0.1, 0.15) is 0 Å². The monoisotopic (exact) mass is 252 g/mol. The van der Waals surface area contributed by atoms with Gasteiger partial charge in [-0.1, -0.05) is 29.8 Å². The maximum absolute atomic E-state index is 6.23. The van der Waals surface area contributed by atoms with E-state index in [9.17, 15) is 0 Å². The predicted molar refractivity (Wildman–Crippen MR) is 78.6 cm³/mol. The molecule has 0 saturated heterocycles. The molecule has 0 aromatic heterocycles. The molecule has 2 atom stereocenters. The Morgan fingerprint density at radius 1 is 1.29 bits per heavy atom. The maximum Gasteiger partial charge on any atom is 0.0424 e. The van der Waals surface area contributed by atoms with E-state index in [1.165, 1.54) is 11.1 Å². The SMILES string of the molecule is CSCC(C)N(C)CC(N)c1ccc(C)cc1. The standard InChI is InChI=1S/C14H24N2S/c1-11-5-7-13(8-6-11)14(15)9-16(3)12(2)10-17-4/h5-8,12,14H,9-10,15H2,1-4H3. The third-order valence-corrected chi connectivity index (χ3v) is 3.97. The van der Waals surface area contributed by atoms with Crippen molar-refractivity contribution in [2.75, 3.05) is 25.6 Å².